The molecule has 0 unspecified atom stereocenters. The van der Waals surface area contributed by atoms with E-state index in [0.29, 0.717) is 22.9 Å². The van der Waals surface area contributed by atoms with Gasteiger partial charge in [0.15, 0.2) is 0 Å². The number of amides is 2. The molecule has 3 N–H and O–H groups in total. The van der Waals surface area contributed by atoms with Crippen LogP contribution in [0.25, 0.3) is 11.4 Å². The molecule has 0 bridgehead atoms. The lowest BCUT2D eigenvalue weighted by Crippen LogP contribution is -2.42. The molecular formula is C17H22N6O2. The lowest BCUT2D eigenvalue weighted by atomic mass is 9.86. The quantitative estimate of drug-likeness (QED) is 0.845. The number of primary amides is 1. The Bertz CT molecular complexity index is 755. The molecule has 0 spiro atoms. The van der Waals surface area contributed by atoms with Gasteiger partial charge in [0.2, 0.25) is 17.6 Å². The molecule has 2 atom stereocenters. The van der Waals surface area contributed by atoms with Crippen molar-refractivity contribution in [2.24, 2.45) is 11.7 Å². The first-order valence-electron chi connectivity index (χ1n) is 8.50. The van der Waals surface area contributed by atoms with Gasteiger partial charge in [-0.15, -0.1) is 10.2 Å². The molecular weight excluding hydrogens is 320 g/mol. The largest absolute Gasteiger partial charge is 0.366 e. The average Bonchev–Trinajstić information content (AvgIpc) is 3.05. The van der Waals surface area contributed by atoms with E-state index in [1.807, 2.05) is 0 Å². The van der Waals surface area contributed by atoms with Crippen molar-refractivity contribution in [3.05, 3.63) is 29.8 Å². The number of aromatic nitrogens is 4. The number of carbonyl (C=O) groups excluding carboxylic acids is 2. The van der Waals surface area contributed by atoms with Crippen molar-refractivity contribution in [3.8, 4) is 11.4 Å². The molecule has 0 radical (unpaired) electrons. The van der Waals surface area contributed by atoms with Crippen LogP contribution in [0.5, 0.6) is 0 Å². The van der Waals surface area contributed by atoms with Gasteiger partial charge in [0, 0.05) is 17.2 Å². The first kappa shape index (κ1) is 17.1. The molecule has 1 heterocycles. The number of hydrogen-bond donors (Lipinski definition) is 2. The molecule has 3 rings (SSSR count). The standard InChI is InChI=1S/C17H22N6O2/c1-11-4-2-3-5-14(11)19-15(24)10-23-21-17(20-22-23)13-8-6-12(7-9-13)16(18)25/h6-9,11,14H,2-5,10H2,1H3,(H2,18,25)(H,19,24)/t11-,14+/m1/s1. The molecule has 1 aromatic heterocycles. The topological polar surface area (TPSA) is 116 Å². The zero-order valence-corrected chi connectivity index (χ0v) is 14.2. The normalized spacial score (nSPS) is 20.2. The van der Waals surface area contributed by atoms with Gasteiger partial charge in [0.1, 0.15) is 6.54 Å². The Morgan fingerprint density at radius 3 is 2.64 bits per heavy atom. The molecule has 1 aromatic carbocycles. The molecule has 1 fully saturated rings. The van der Waals surface area contributed by atoms with Crippen LogP contribution in [0.2, 0.25) is 0 Å². The number of nitrogens with two attached hydrogens (primary N) is 1. The molecule has 2 amide bonds. The van der Waals surface area contributed by atoms with Gasteiger partial charge in [-0.2, -0.15) is 4.80 Å². The van der Waals surface area contributed by atoms with Crippen LogP contribution in [-0.2, 0) is 11.3 Å². The summed E-state index contributed by atoms with van der Waals surface area (Å²) in [4.78, 5) is 24.6. The monoisotopic (exact) mass is 342 g/mol. The fourth-order valence-corrected chi connectivity index (χ4v) is 3.12. The second kappa shape index (κ2) is 7.42. The van der Waals surface area contributed by atoms with Crippen LogP contribution in [0.3, 0.4) is 0 Å². The van der Waals surface area contributed by atoms with Crippen LogP contribution in [0.1, 0.15) is 43.0 Å². The Morgan fingerprint density at radius 1 is 1.24 bits per heavy atom. The highest BCUT2D eigenvalue weighted by molar-refractivity contribution is 5.93. The van der Waals surface area contributed by atoms with E-state index in [1.165, 1.54) is 11.2 Å². The van der Waals surface area contributed by atoms with Crippen LogP contribution >= 0.6 is 0 Å². The van der Waals surface area contributed by atoms with E-state index in [9.17, 15) is 9.59 Å². The van der Waals surface area contributed by atoms with Gasteiger partial charge in [0.05, 0.1) is 0 Å². The van der Waals surface area contributed by atoms with Crippen molar-refractivity contribution in [1.29, 1.82) is 0 Å². The van der Waals surface area contributed by atoms with Crippen molar-refractivity contribution in [2.45, 2.75) is 45.2 Å². The van der Waals surface area contributed by atoms with E-state index in [-0.39, 0.29) is 18.5 Å². The van der Waals surface area contributed by atoms with E-state index in [2.05, 4.69) is 27.7 Å². The number of hydrogen-bond acceptors (Lipinski definition) is 5. The van der Waals surface area contributed by atoms with Gasteiger partial charge < -0.3 is 11.1 Å². The van der Waals surface area contributed by atoms with Gasteiger partial charge in [-0.3, -0.25) is 9.59 Å². The molecule has 1 saturated carbocycles. The van der Waals surface area contributed by atoms with E-state index < -0.39 is 5.91 Å². The number of rotatable bonds is 5. The Morgan fingerprint density at radius 2 is 1.96 bits per heavy atom. The van der Waals surface area contributed by atoms with Crippen LogP contribution in [0.4, 0.5) is 0 Å². The highest BCUT2D eigenvalue weighted by Crippen LogP contribution is 2.23. The summed E-state index contributed by atoms with van der Waals surface area (Å²) in [5.41, 5.74) is 6.34. The maximum Gasteiger partial charge on any atom is 0.248 e. The summed E-state index contributed by atoms with van der Waals surface area (Å²) in [5, 5.41) is 15.2. The highest BCUT2D eigenvalue weighted by atomic mass is 16.2. The molecule has 1 aliphatic carbocycles. The zero-order chi connectivity index (χ0) is 17.8. The number of tetrazole rings is 1. The second-order valence-electron chi connectivity index (χ2n) is 6.52. The molecule has 25 heavy (non-hydrogen) atoms. The zero-order valence-electron chi connectivity index (χ0n) is 14.2. The summed E-state index contributed by atoms with van der Waals surface area (Å²) < 4.78 is 0. The fraction of sp³-hybridized carbons (Fsp3) is 0.471. The maximum absolute atomic E-state index is 12.2. The van der Waals surface area contributed by atoms with E-state index in [1.54, 1.807) is 24.3 Å². The summed E-state index contributed by atoms with van der Waals surface area (Å²) in [7, 11) is 0. The maximum atomic E-state index is 12.2. The molecule has 132 valence electrons. The van der Waals surface area contributed by atoms with Gasteiger partial charge in [-0.05, 0) is 36.1 Å². The Hall–Kier alpha value is -2.77. The minimum Gasteiger partial charge on any atom is -0.366 e. The van der Waals surface area contributed by atoms with Crippen molar-refractivity contribution in [3.63, 3.8) is 0 Å². The molecule has 2 aromatic rings. The van der Waals surface area contributed by atoms with Gasteiger partial charge >= 0.3 is 0 Å². The van der Waals surface area contributed by atoms with Crippen molar-refractivity contribution in [2.75, 3.05) is 0 Å². The van der Waals surface area contributed by atoms with Crippen LogP contribution in [-0.4, -0.2) is 38.1 Å². The van der Waals surface area contributed by atoms with E-state index in [4.69, 9.17) is 5.73 Å². The third-order valence-electron chi connectivity index (χ3n) is 4.62. The molecule has 8 heteroatoms. The summed E-state index contributed by atoms with van der Waals surface area (Å²) >= 11 is 0. The molecule has 0 saturated heterocycles. The van der Waals surface area contributed by atoms with Crippen LogP contribution in [0, 0.1) is 5.92 Å². The highest BCUT2D eigenvalue weighted by Gasteiger charge is 2.23. The minimum absolute atomic E-state index is 0.0373. The molecule has 1 aliphatic rings. The smallest absolute Gasteiger partial charge is 0.248 e. The SMILES string of the molecule is C[C@@H]1CCCC[C@@H]1NC(=O)Cn1nnc(-c2ccc(C(N)=O)cc2)n1. The number of benzene rings is 1. The van der Waals surface area contributed by atoms with Gasteiger partial charge in [-0.25, -0.2) is 0 Å². The first-order chi connectivity index (χ1) is 12.0. The lowest BCUT2D eigenvalue weighted by Gasteiger charge is -2.29. The van der Waals surface area contributed by atoms with E-state index >= 15 is 0 Å². The minimum atomic E-state index is -0.489. The Kier molecular flexibility index (Phi) is 5.06. The van der Waals surface area contributed by atoms with Crippen molar-refractivity contribution in [1.82, 2.24) is 25.5 Å². The average molecular weight is 342 g/mol. The van der Waals surface area contributed by atoms with Gasteiger partial charge in [-0.1, -0.05) is 31.9 Å². The van der Waals surface area contributed by atoms with Crippen molar-refractivity contribution >= 4 is 11.8 Å². The van der Waals surface area contributed by atoms with E-state index in [0.717, 1.165) is 19.3 Å². The molecule has 0 aliphatic heterocycles. The fourth-order valence-electron chi connectivity index (χ4n) is 3.12. The summed E-state index contributed by atoms with van der Waals surface area (Å²) in [6, 6.07) is 6.84. The summed E-state index contributed by atoms with van der Waals surface area (Å²) in [5.74, 6) is 0.305. The lowest BCUT2D eigenvalue weighted by molar-refractivity contribution is -0.123. The first-order valence-corrected chi connectivity index (χ1v) is 8.50. The van der Waals surface area contributed by atoms with Crippen molar-refractivity contribution < 1.29 is 9.59 Å². The third-order valence-corrected chi connectivity index (χ3v) is 4.62. The van der Waals surface area contributed by atoms with Crippen LogP contribution in [0.15, 0.2) is 24.3 Å². The Labute approximate surface area is 145 Å². The summed E-state index contributed by atoms with van der Waals surface area (Å²) in [6.45, 7) is 2.21. The van der Waals surface area contributed by atoms with Crippen LogP contribution < -0.4 is 11.1 Å². The predicted molar refractivity (Wildman–Crippen MR) is 91.3 cm³/mol. The number of carbonyl (C=O) groups is 2. The Balaban J connectivity index is 1.61. The molecule has 8 nitrogen and oxygen atoms in total. The predicted octanol–water partition coefficient (Wildman–Crippen LogP) is 1.13. The third kappa shape index (κ3) is 4.20. The second-order valence-corrected chi connectivity index (χ2v) is 6.52. The van der Waals surface area contributed by atoms with Gasteiger partial charge in [0.25, 0.3) is 0 Å². The number of nitrogens with zero attached hydrogens (tertiary/aromatic N) is 4. The summed E-state index contributed by atoms with van der Waals surface area (Å²) in [6.07, 6.45) is 4.56. The number of nitrogens with one attached hydrogen (secondary N) is 1.